The first-order valence-corrected chi connectivity index (χ1v) is 37.8. The number of benzene rings is 15. The minimum absolute atomic E-state index is 0.0574. The summed E-state index contributed by atoms with van der Waals surface area (Å²) in [5.74, 6) is 1.74. The third kappa shape index (κ3) is 11.2. The van der Waals surface area contributed by atoms with Gasteiger partial charge in [-0.2, -0.15) is 0 Å². The predicted octanol–water partition coefficient (Wildman–Crippen LogP) is 23.1. The predicted molar refractivity (Wildman–Crippen MR) is 451 cm³/mol. The molecule has 15 aromatic carbocycles. The summed E-state index contributed by atoms with van der Waals surface area (Å²) >= 11 is 1.87. The largest absolute Gasteiger partial charge is 0.458 e. The van der Waals surface area contributed by atoms with Crippen molar-refractivity contribution >= 4 is 126 Å². The average Bonchev–Trinajstić information content (AvgIpc) is 0.687. The molecule has 15 aromatic rings. The zero-order valence-electron chi connectivity index (χ0n) is 60.2. The molecule has 0 atom stereocenters. The molecule has 19 rings (SSSR count). The molecule has 0 amide bonds. The van der Waals surface area contributed by atoms with E-state index in [0.29, 0.717) is 0 Å². The van der Waals surface area contributed by atoms with Crippen molar-refractivity contribution in [1.82, 2.24) is 0 Å². The Morgan fingerprint density at radius 2 is 0.717 bits per heavy atom. The second kappa shape index (κ2) is 25.9. The van der Waals surface area contributed by atoms with Crippen LogP contribution in [0.4, 0.5) is 68.2 Å². The molecule has 0 spiro atoms. The van der Waals surface area contributed by atoms with Crippen LogP contribution in [0.15, 0.2) is 362 Å². The number of ether oxygens (including phenoxy) is 1. The lowest BCUT2D eigenvalue weighted by atomic mass is 9.31. The van der Waals surface area contributed by atoms with Crippen LogP contribution in [0.1, 0.15) is 52.7 Å². The lowest BCUT2D eigenvalue weighted by molar-refractivity contribution is 0.486. The van der Waals surface area contributed by atoms with Crippen LogP contribution >= 0.6 is 11.8 Å². The van der Waals surface area contributed by atoms with E-state index in [2.05, 4.69) is 413 Å². The van der Waals surface area contributed by atoms with Crippen LogP contribution in [0.3, 0.4) is 0 Å². The number of rotatable bonds is 12. The zero-order valence-corrected chi connectivity index (χ0v) is 61.1. The van der Waals surface area contributed by atoms with Crippen molar-refractivity contribution in [3.05, 3.63) is 363 Å². The first-order valence-electron chi connectivity index (χ1n) is 36.9. The number of hydrogen-bond donors (Lipinski definition) is 0. The Kier molecular flexibility index (Phi) is 15.8. The lowest BCUT2D eigenvalue weighted by Crippen LogP contribution is -2.64. The third-order valence-corrected chi connectivity index (χ3v) is 23.0. The molecule has 106 heavy (non-hydrogen) atoms. The van der Waals surface area contributed by atoms with Crippen molar-refractivity contribution in [1.29, 1.82) is 0 Å². The normalized spacial score (nSPS) is 13.0. The van der Waals surface area contributed by atoms with Crippen molar-refractivity contribution in [2.75, 3.05) is 19.6 Å². The van der Waals surface area contributed by atoms with Crippen molar-refractivity contribution < 1.29 is 4.74 Å². The maximum absolute atomic E-state index is 7.25. The standard InChI is InChI=1S/C98H76B2N4OS/c1-97(2,3)71-51-43-69(44-52-71)80-37-26-38-81(70-45-53-72(54-46-70)98(4,5)6)96(80)104-87-64-92-85(100-83-40-23-25-42-90(83)105-91-61-79(62-93(106-92)95(91)100)101(73-31-16-9-17-32-73)74-33-18-10-19-34-74)63-84(87)99-82-39-22-24-41-86(82)103(75-35-20-11-21-36-75)88-59-78(60-89(104)94(88)99)102(76-55-47-67(48-56-76)65-27-12-7-13-28-65)77-57-49-68(50-58-77)66-29-14-8-15-30-66/h7-64H,1-6H3. The highest BCUT2D eigenvalue weighted by Gasteiger charge is 2.48. The quantitative estimate of drug-likeness (QED) is 0.113. The van der Waals surface area contributed by atoms with Crippen molar-refractivity contribution in [2.45, 2.75) is 62.2 Å². The van der Waals surface area contributed by atoms with Gasteiger partial charge in [-0.15, -0.1) is 0 Å². The van der Waals surface area contributed by atoms with E-state index in [1.54, 1.807) is 0 Å². The maximum atomic E-state index is 7.25. The molecule has 4 aliphatic rings. The van der Waals surface area contributed by atoms with Gasteiger partial charge in [0.2, 0.25) is 0 Å². The van der Waals surface area contributed by atoms with Crippen LogP contribution in [-0.2, 0) is 10.8 Å². The highest BCUT2D eigenvalue weighted by Crippen LogP contribution is 2.54. The molecule has 5 nitrogen and oxygen atoms in total. The van der Waals surface area contributed by atoms with Gasteiger partial charge in [0.1, 0.15) is 11.5 Å². The van der Waals surface area contributed by atoms with Gasteiger partial charge in [0.25, 0.3) is 13.4 Å². The van der Waals surface area contributed by atoms with E-state index in [-0.39, 0.29) is 24.3 Å². The first kappa shape index (κ1) is 64.6. The Morgan fingerprint density at radius 3 is 1.25 bits per heavy atom. The van der Waals surface area contributed by atoms with E-state index in [1.807, 2.05) is 11.8 Å². The molecule has 0 aromatic heterocycles. The fourth-order valence-corrected chi connectivity index (χ4v) is 17.9. The molecule has 0 saturated heterocycles. The van der Waals surface area contributed by atoms with Crippen LogP contribution in [0.5, 0.6) is 11.5 Å². The maximum Gasteiger partial charge on any atom is 0.253 e. The number of hydrogen-bond acceptors (Lipinski definition) is 6. The fourth-order valence-electron chi connectivity index (χ4n) is 16.7. The summed E-state index contributed by atoms with van der Waals surface area (Å²) in [5.41, 5.74) is 31.9. The zero-order chi connectivity index (χ0) is 71.4. The molecule has 4 heterocycles. The molecular weight excluding hydrogens is 1300 g/mol. The Hall–Kier alpha value is -12.2. The number of anilines is 12. The second-order valence-corrected chi connectivity index (χ2v) is 31.5. The van der Waals surface area contributed by atoms with E-state index in [0.717, 1.165) is 123 Å². The van der Waals surface area contributed by atoms with Gasteiger partial charge in [-0.3, -0.25) is 0 Å². The van der Waals surface area contributed by atoms with Crippen LogP contribution in [0, 0.1) is 0 Å². The SMILES string of the molecule is CC(C)(C)c1ccc(-c2cccc(-c3ccc(C(C)(C)C)cc3)c2N2c3cc4c(cc3B3c5ccccc5N(c5ccccc5)c5cc(N(c6ccc(-c7ccccc7)cc6)c6ccc(-c7ccccc7)cc6)cc2c53)B2c3ccccc3Oc3cc(N(c5ccccc5)c5ccccc5)cc(c32)S4)cc1. The molecule has 506 valence electrons. The summed E-state index contributed by atoms with van der Waals surface area (Å²) in [6, 6.07) is 131. The summed E-state index contributed by atoms with van der Waals surface area (Å²) < 4.78 is 7.25. The Bertz CT molecular complexity index is 5650. The summed E-state index contributed by atoms with van der Waals surface area (Å²) in [5, 5.41) is 0. The highest BCUT2D eigenvalue weighted by atomic mass is 32.2. The smallest absolute Gasteiger partial charge is 0.253 e. The molecule has 0 saturated carbocycles. The van der Waals surface area contributed by atoms with Crippen LogP contribution in [0.2, 0.25) is 0 Å². The van der Waals surface area contributed by atoms with Crippen LogP contribution in [-0.4, -0.2) is 13.4 Å². The van der Waals surface area contributed by atoms with Gasteiger partial charge in [0, 0.05) is 78.2 Å². The minimum atomic E-state index is -0.225. The number of para-hydroxylation sites is 6. The number of nitrogens with zero attached hydrogens (tertiary/aromatic N) is 4. The van der Waals surface area contributed by atoms with Crippen molar-refractivity contribution in [3.63, 3.8) is 0 Å². The van der Waals surface area contributed by atoms with E-state index in [1.165, 1.54) is 54.5 Å². The molecule has 4 aliphatic heterocycles. The molecule has 0 unspecified atom stereocenters. The van der Waals surface area contributed by atoms with E-state index in [4.69, 9.17) is 4.74 Å². The van der Waals surface area contributed by atoms with E-state index in [9.17, 15) is 0 Å². The molecule has 0 fully saturated rings. The minimum Gasteiger partial charge on any atom is -0.458 e. The van der Waals surface area contributed by atoms with Gasteiger partial charge in [0.05, 0.1) is 17.1 Å². The summed E-state index contributed by atoms with van der Waals surface area (Å²) in [7, 11) is 0. The third-order valence-electron chi connectivity index (χ3n) is 21.9. The Morgan fingerprint density at radius 1 is 0.283 bits per heavy atom. The molecule has 0 bridgehead atoms. The van der Waals surface area contributed by atoms with Crippen molar-refractivity contribution in [3.8, 4) is 56.0 Å². The van der Waals surface area contributed by atoms with Gasteiger partial charge in [0.15, 0.2) is 0 Å². The Labute approximate surface area is 627 Å². The average molecular weight is 1380 g/mol. The summed E-state index contributed by atoms with van der Waals surface area (Å²) in [4.78, 5) is 12.5. The van der Waals surface area contributed by atoms with E-state index >= 15 is 0 Å². The topological polar surface area (TPSA) is 22.2 Å². The lowest BCUT2D eigenvalue weighted by Gasteiger charge is -2.46. The summed E-state index contributed by atoms with van der Waals surface area (Å²) in [6.07, 6.45) is 0. The first-order chi connectivity index (χ1) is 51.8. The van der Waals surface area contributed by atoms with Crippen LogP contribution in [0.25, 0.3) is 44.5 Å². The Balaban J connectivity index is 0.927. The number of fused-ring (bicyclic) bond motifs is 8. The van der Waals surface area contributed by atoms with Crippen LogP contribution < -0.4 is 57.1 Å². The molecule has 0 aliphatic carbocycles. The summed E-state index contributed by atoms with van der Waals surface area (Å²) in [6.45, 7) is 13.5. The van der Waals surface area contributed by atoms with Gasteiger partial charge < -0.3 is 24.3 Å². The van der Waals surface area contributed by atoms with Gasteiger partial charge >= 0.3 is 0 Å². The molecule has 0 radical (unpaired) electrons. The molecule has 8 heteroatoms. The highest BCUT2D eigenvalue weighted by molar-refractivity contribution is 8.00. The fraction of sp³-hybridized carbons (Fsp3) is 0.0816. The van der Waals surface area contributed by atoms with Gasteiger partial charge in [-0.1, -0.05) is 307 Å². The molecular formula is C98H76B2N4OS. The van der Waals surface area contributed by atoms with E-state index < -0.39 is 0 Å². The van der Waals surface area contributed by atoms with Gasteiger partial charge in [-0.25, -0.2) is 0 Å². The second-order valence-electron chi connectivity index (χ2n) is 30.4. The monoisotopic (exact) mass is 1380 g/mol. The molecule has 0 N–H and O–H groups in total. The van der Waals surface area contributed by atoms with Crippen molar-refractivity contribution in [2.24, 2.45) is 0 Å². The van der Waals surface area contributed by atoms with Gasteiger partial charge in [-0.05, 0) is 180 Å².